The fraction of sp³-hybridized carbons (Fsp3) is 1.00. The lowest BCUT2D eigenvalue weighted by molar-refractivity contribution is 0.0747. The molecule has 1 unspecified atom stereocenters. The highest BCUT2D eigenvalue weighted by molar-refractivity contribution is 4.78. The van der Waals surface area contributed by atoms with E-state index in [2.05, 4.69) is 25.7 Å². The zero-order valence-corrected chi connectivity index (χ0v) is 12.2. The van der Waals surface area contributed by atoms with Gasteiger partial charge in [0.15, 0.2) is 0 Å². The van der Waals surface area contributed by atoms with Crippen LogP contribution in [0.5, 0.6) is 0 Å². The molecule has 0 aliphatic carbocycles. The van der Waals surface area contributed by atoms with Gasteiger partial charge < -0.3 is 15.2 Å². The fourth-order valence-corrected chi connectivity index (χ4v) is 1.96. The fourth-order valence-electron chi connectivity index (χ4n) is 1.96. The van der Waals surface area contributed by atoms with Gasteiger partial charge in [-0.1, -0.05) is 20.8 Å². The molecule has 4 heteroatoms. The molecule has 17 heavy (non-hydrogen) atoms. The van der Waals surface area contributed by atoms with E-state index in [9.17, 15) is 0 Å². The third-order valence-corrected chi connectivity index (χ3v) is 2.80. The molecule has 0 aromatic carbocycles. The Bertz CT molecular complexity index is 173. The topological polar surface area (TPSA) is 47.7 Å². The molecule has 104 valence electrons. The molecule has 0 saturated carbocycles. The first-order valence-corrected chi connectivity index (χ1v) is 6.36. The molecule has 1 atom stereocenters. The van der Waals surface area contributed by atoms with Gasteiger partial charge in [0.1, 0.15) is 0 Å². The Balaban J connectivity index is 4.36. The van der Waals surface area contributed by atoms with E-state index in [1.54, 1.807) is 14.2 Å². The molecule has 0 aliphatic rings. The zero-order chi connectivity index (χ0) is 13.3. The van der Waals surface area contributed by atoms with Crippen LogP contribution < -0.4 is 5.73 Å². The van der Waals surface area contributed by atoms with Crippen molar-refractivity contribution in [2.75, 3.05) is 47.1 Å². The van der Waals surface area contributed by atoms with Crippen LogP contribution in [-0.4, -0.2) is 58.0 Å². The van der Waals surface area contributed by atoms with Crippen molar-refractivity contribution in [1.82, 2.24) is 4.90 Å². The molecule has 0 saturated heterocycles. The van der Waals surface area contributed by atoms with Crippen molar-refractivity contribution < 1.29 is 9.47 Å². The molecule has 2 N–H and O–H groups in total. The van der Waals surface area contributed by atoms with Gasteiger partial charge in [-0.25, -0.2) is 0 Å². The van der Waals surface area contributed by atoms with Gasteiger partial charge in [0.25, 0.3) is 0 Å². The van der Waals surface area contributed by atoms with E-state index in [4.69, 9.17) is 15.2 Å². The largest absolute Gasteiger partial charge is 0.383 e. The van der Waals surface area contributed by atoms with E-state index >= 15 is 0 Å². The van der Waals surface area contributed by atoms with Gasteiger partial charge in [-0.2, -0.15) is 0 Å². The van der Waals surface area contributed by atoms with E-state index < -0.39 is 0 Å². The maximum absolute atomic E-state index is 5.90. The van der Waals surface area contributed by atoms with Crippen molar-refractivity contribution in [1.29, 1.82) is 0 Å². The molecule has 0 fully saturated rings. The summed E-state index contributed by atoms with van der Waals surface area (Å²) in [4.78, 5) is 2.37. The van der Waals surface area contributed by atoms with Crippen molar-refractivity contribution in [2.24, 2.45) is 11.1 Å². The number of nitrogens with two attached hydrogens (primary N) is 1. The molecule has 0 amide bonds. The van der Waals surface area contributed by atoms with E-state index in [0.717, 1.165) is 32.7 Å². The molecule has 4 nitrogen and oxygen atoms in total. The quantitative estimate of drug-likeness (QED) is 0.667. The van der Waals surface area contributed by atoms with Crippen molar-refractivity contribution in [3.63, 3.8) is 0 Å². The number of nitrogens with zero attached hydrogens (tertiary/aromatic N) is 1. The first-order chi connectivity index (χ1) is 7.94. The number of ether oxygens (including phenoxy) is 2. The lowest BCUT2D eigenvalue weighted by Gasteiger charge is -2.34. The first-order valence-electron chi connectivity index (χ1n) is 6.36. The molecular formula is C13H30N2O2. The van der Waals surface area contributed by atoms with Crippen LogP contribution in [0.2, 0.25) is 0 Å². The third-order valence-electron chi connectivity index (χ3n) is 2.80. The summed E-state index contributed by atoms with van der Waals surface area (Å²) in [5.41, 5.74) is 6.20. The Morgan fingerprint density at radius 3 is 1.82 bits per heavy atom. The van der Waals surface area contributed by atoms with E-state index in [1.807, 2.05) is 0 Å². The van der Waals surface area contributed by atoms with E-state index in [1.165, 1.54) is 0 Å². The minimum atomic E-state index is 0.294. The van der Waals surface area contributed by atoms with Gasteiger partial charge in [0, 0.05) is 39.9 Å². The molecule has 0 bridgehead atoms. The summed E-state index contributed by atoms with van der Waals surface area (Å²) in [6.45, 7) is 10.7. The zero-order valence-electron chi connectivity index (χ0n) is 12.2. The van der Waals surface area contributed by atoms with Gasteiger partial charge >= 0.3 is 0 Å². The van der Waals surface area contributed by atoms with Crippen LogP contribution in [0.4, 0.5) is 0 Å². The SMILES string of the molecule is COCCN(CCOC)C(CN)CC(C)(C)C. The van der Waals surface area contributed by atoms with Gasteiger partial charge in [0.2, 0.25) is 0 Å². The number of rotatable bonds is 9. The average Bonchev–Trinajstić information content (AvgIpc) is 2.25. The predicted octanol–water partition coefficient (Wildman–Crippen LogP) is 1.34. The Kier molecular flexibility index (Phi) is 8.78. The normalized spacial score (nSPS) is 14.3. The van der Waals surface area contributed by atoms with Gasteiger partial charge in [-0.05, 0) is 11.8 Å². The first kappa shape index (κ1) is 16.8. The molecule has 0 spiro atoms. The van der Waals surface area contributed by atoms with Crippen molar-refractivity contribution in [3.05, 3.63) is 0 Å². The smallest absolute Gasteiger partial charge is 0.0589 e. The average molecular weight is 246 g/mol. The molecular weight excluding hydrogens is 216 g/mol. The Morgan fingerprint density at radius 1 is 1.06 bits per heavy atom. The second-order valence-electron chi connectivity index (χ2n) is 5.68. The highest BCUT2D eigenvalue weighted by Gasteiger charge is 2.22. The minimum absolute atomic E-state index is 0.294. The Morgan fingerprint density at radius 2 is 1.53 bits per heavy atom. The summed E-state index contributed by atoms with van der Waals surface area (Å²) < 4.78 is 10.3. The number of methoxy groups -OCH3 is 2. The molecule has 0 radical (unpaired) electrons. The van der Waals surface area contributed by atoms with Crippen LogP contribution in [0.1, 0.15) is 27.2 Å². The summed E-state index contributed by atoms with van der Waals surface area (Å²) in [6, 6.07) is 0.403. The predicted molar refractivity (Wildman–Crippen MR) is 72.2 cm³/mol. The summed E-state index contributed by atoms with van der Waals surface area (Å²) in [7, 11) is 3.46. The van der Waals surface area contributed by atoms with Crippen LogP contribution in [0, 0.1) is 5.41 Å². The standard InChI is InChI=1S/C13H30N2O2/c1-13(2,3)10-12(11-14)15(6-8-16-4)7-9-17-5/h12H,6-11,14H2,1-5H3. The maximum Gasteiger partial charge on any atom is 0.0589 e. The maximum atomic E-state index is 5.90. The molecule has 0 aromatic heterocycles. The summed E-state index contributed by atoms with van der Waals surface area (Å²) in [5.74, 6) is 0. The summed E-state index contributed by atoms with van der Waals surface area (Å²) in [5, 5.41) is 0. The van der Waals surface area contributed by atoms with Crippen molar-refractivity contribution in [3.8, 4) is 0 Å². The third kappa shape index (κ3) is 8.55. The second-order valence-corrected chi connectivity index (χ2v) is 5.68. The second kappa shape index (κ2) is 8.86. The van der Waals surface area contributed by atoms with Crippen LogP contribution in [-0.2, 0) is 9.47 Å². The number of hydrogen-bond donors (Lipinski definition) is 1. The van der Waals surface area contributed by atoms with Crippen molar-refractivity contribution >= 4 is 0 Å². The molecule has 0 aromatic rings. The highest BCUT2D eigenvalue weighted by Crippen LogP contribution is 2.23. The van der Waals surface area contributed by atoms with E-state index in [-0.39, 0.29) is 0 Å². The summed E-state index contributed by atoms with van der Waals surface area (Å²) in [6.07, 6.45) is 1.09. The molecule has 0 rings (SSSR count). The van der Waals surface area contributed by atoms with Gasteiger partial charge in [0.05, 0.1) is 13.2 Å². The van der Waals surface area contributed by atoms with E-state index in [0.29, 0.717) is 18.0 Å². The Labute approximate surface area is 106 Å². The van der Waals surface area contributed by atoms with Gasteiger partial charge in [-0.15, -0.1) is 0 Å². The minimum Gasteiger partial charge on any atom is -0.383 e. The highest BCUT2D eigenvalue weighted by atomic mass is 16.5. The van der Waals surface area contributed by atoms with Crippen molar-refractivity contribution in [2.45, 2.75) is 33.2 Å². The van der Waals surface area contributed by atoms with Crippen LogP contribution in [0.15, 0.2) is 0 Å². The van der Waals surface area contributed by atoms with Crippen LogP contribution >= 0.6 is 0 Å². The van der Waals surface area contributed by atoms with Crippen LogP contribution in [0.3, 0.4) is 0 Å². The van der Waals surface area contributed by atoms with Gasteiger partial charge in [-0.3, -0.25) is 4.90 Å². The Hall–Kier alpha value is -0.160. The summed E-state index contributed by atoms with van der Waals surface area (Å²) >= 11 is 0. The molecule has 0 heterocycles. The monoisotopic (exact) mass is 246 g/mol. The van der Waals surface area contributed by atoms with Crippen LogP contribution in [0.25, 0.3) is 0 Å². The lowest BCUT2D eigenvalue weighted by Crippen LogP contribution is -2.45. The lowest BCUT2D eigenvalue weighted by atomic mass is 9.87. The molecule has 0 aliphatic heterocycles. The number of hydrogen-bond acceptors (Lipinski definition) is 4.